The predicted octanol–water partition coefficient (Wildman–Crippen LogP) is 3.43. The lowest BCUT2D eigenvalue weighted by molar-refractivity contribution is 0.102. The number of nitrogens with zero attached hydrogens (tertiary/aromatic N) is 2. The number of hydrogen-bond donors (Lipinski definition) is 1. The van der Waals surface area contributed by atoms with E-state index < -0.39 is 0 Å². The standard InChI is InChI=1S/C15H16ClN3OS/c1-2-19-7-6-12-13(9-19)21-15(17-12)18-14(20)10-4-3-5-11(16)8-10/h3-5,8H,2,6-7,9H2,1H3,(H,17,18,20). The Labute approximate surface area is 132 Å². The van der Waals surface area contributed by atoms with Gasteiger partial charge in [0, 0.05) is 35.0 Å². The largest absolute Gasteiger partial charge is 0.298 e. The molecule has 2 aromatic rings. The molecule has 0 radical (unpaired) electrons. The van der Waals surface area contributed by atoms with Gasteiger partial charge in [0.25, 0.3) is 5.91 Å². The topological polar surface area (TPSA) is 45.2 Å². The average molecular weight is 322 g/mol. The van der Waals surface area contributed by atoms with E-state index in [1.807, 2.05) is 0 Å². The Morgan fingerprint density at radius 1 is 1.52 bits per heavy atom. The van der Waals surface area contributed by atoms with Gasteiger partial charge in [-0.25, -0.2) is 4.98 Å². The van der Waals surface area contributed by atoms with Crippen LogP contribution < -0.4 is 5.32 Å². The fourth-order valence-electron chi connectivity index (χ4n) is 2.37. The van der Waals surface area contributed by atoms with Crippen molar-refractivity contribution in [3.63, 3.8) is 0 Å². The minimum Gasteiger partial charge on any atom is -0.298 e. The van der Waals surface area contributed by atoms with Gasteiger partial charge < -0.3 is 0 Å². The Kier molecular flexibility index (Phi) is 4.24. The van der Waals surface area contributed by atoms with Gasteiger partial charge in [0.15, 0.2) is 5.13 Å². The number of fused-ring (bicyclic) bond motifs is 1. The van der Waals surface area contributed by atoms with E-state index >= 15 is 0 Å². The molecule has 0 atom stereocenters. The third kappa shape index (κ3) is 3.26. The van der Waals surface area contributed by atoms with E-state index in [4.69, 9.17) is 11.6 Å². The van der Waals surface area contributed by atoms with Crippen LogP contribution in [0.1, 0.15) is 27.9 Å². The Balaban J connectivity index is 1.74. The minimum atomic E-state index is -0.170. The van der Waals surface area contributed by atoms with E-state index in [-0.39, 0.29) is 5.91 Å². The molecule has 0 unspecified atom stereocenters. The first-order chi connectivity index (χ1) is 10.2. The average Bonchev–Trinajstić information content (AvgIpc) is 2.88. The summed E-state index contributed by atoms with van der Waals surface area (Å²) in [4.78, 5) is 20.4. The summed E-state index contributed by atoms with van der Waals surface area (Å²) < 4.78 is 0. The first kappa shape index (κ1) is 14.5. The maximum Gasteiger partial charge on any atom is 0.257 e. The molecule has 0 aliphatic carbocycles. The van der Waals surface area contributed by atoms with Crippen molar-refractivity contribution in [2.75, 3.05) is 18.4 Å². The van der Waals surface area contributed by atoms with Gasteiger partial charge in [0.1, 0.15) is 0 Å². The second-order valence-corrected chi connectivity index (χ2v) is 6.49. The number of benzene rings is 1. The van der Waals surface area contributed by atoms with Crippen molar-refractivity contribution in [3.05, 3.63) is 45.4 Å². The van der Waals surface area contributed by atoms with E-state index in [0.717, 1.165) is 31.7 Å². The Morgan fingerprint density at radius 3 is 3.14 bits per heavy atom. The number of rotatable bonds is 3. The number of aromatic nitrogens is 1. The van der Waals surface area contributed by atoms with Gasteiger partial charge >= 0.3 is 0 Å². The summed E-state index contributed by atoms with van der Waals surface area (Å²) >= 11 is 7.47. The second-order valence-electron chi connectivity index (χ2n) is 4.97. The van der Waals surface area contributed by atoms with Crippen molar-refractivity contribution in [2.24, 2.45) is 0 Å². The van der Waals surface area contributed by atoms with Gasteiger partial charge in [-0.05, 0) is 24.7 Å². The van der Waals surface area contributed by atoms with Crippen molar-refractivity contribution >= 4 is 34.0 Å². The summed E-state index contributed by atoms with van der Waals surface area (Å²) in [7, 11) is 0. The molecule has 1 aliphatic heterocycles. The van der Waals surface area contributed by atoms with Crippen molar-refractivity contribution in [3.8, 4) is 0 Å². The number of halogens is 1. The molecule has 0 fully saturated rings. The number of carbonyl (C=O) groups is 1. The fraction of sp³-hybridized carbons (Fsp3) is 0.333. The molecule has 1 N–H and O–H groups in total. The second kappa shape index (κ2) is 6.13. The maximum atomic E-state index is 12.2. The van der Waals surface area contributed by atoms with Crippen LogP contribution in [0.5, 0.6) is 0 Å². The third-order valence-corrected chi connectivity index (χ3v) is 4.80. The molecule has 3 rings (SSSR count). The normalized spacial score (nSPS) is 14.8. The molecule has 6 heteroatoms. The number of anilines is 1. The van der Waals surface area contributed by atoms with E-state index in [0.29, 0.717) is 15.7 Å². The Hall–Kier alpha value is -1.43. The van der Waals surface area contributed by atoms with Crippen LogP contribution in [0.25, 0.3) is 0 Å². The van der Waals surface area contributed by atoms with Crippen LogP contribution in [-0.2, 0) is 13.0 Å². The molecule has 2 heterocycles. The quantitative estimate of drug-likeness (QED) is 0.942. The minimum absolute atomic E-state index is 0.170. The molecular formula is C15H16ClN3OS. The number of likely N-dealkylation sites (N-methyl/N-ethyl adjacent to an activating group) is 1. The number of carbonyl (C=O) groups excluding carboxylic acids is 1. The highest BCUT2D eigenvalue weighted by molar-refractivity contribution is 7.15. The van der Waals surface area contributed by atoms with Crippen LogP contribution in [0.2, 0.25) is 5.02 Å². The smallest absolute Gasteiger partial charge is 0.257 e. The van der Waals surface area contributed by atoms with Crippen molar-refractivity contribution in [1.82, 2.24) is 9.88 Å². The Bertz CT molecular complexity index is 671. The van der Waals surface area contributed by atoms with Gasteiger partial charge in [-0.3, -0.25) is 15.0 Å². The highest BCUT2D eigenvalue weighted by atomic mass is 35.5. The zero-order valence-electron chi connectivity index (χ0n) is 11.7. The van der Waals surface area contributed by atoms with Crippen LogP contribution in [0.4, 0.5) is 5.13 Å². The Morgan fingerprint density at radius 2 is 2.38 bits per heavy atom. The summed E-state index contributed by atoms with van der Waals surface area (Å²) in [6.45, 7) is 5.17. The number of hydrogen-bond acceptors (Lipinski definition) is 4. The molecule has 0 saturated carbocycles. The summed E-state index contributed by atoms with van der Waals surface area (Å²) in [5, 5.41) is 4.09. The fourth-order valence-corrected chi connectivity index (χ4v) is 3.61. The summed E-state index contributed by atoms with van der Waals surface area (Å²) in [5.41, 5.74) is 1.66. The van der Waals surface area contributed by atoms with Crippen LogP contribution in [0.3, 0.4) is 0 Å². The lowest BCUT2D eigenvalue weighted by Gasteiger charge is -2.23. The zero-order valence-corrected chi connectivity index (χ0v) is 13.3. The van der Waals surface area contributed by atoms with E-state index in [9.17, 15) is 4.79 Å². The van der Waals surface area contributed by atoms with E-state index in [1.54, 1.807) is 35.6 Å². The predicted molar refractivity (Wildman–Crippen MR) is 86.2 cm³/mol. The van der Waals surface area contributed by atoms with Gasteiger partial charge in [-0.2, -0.15) is 0 Å². The molecule has 1 amide bonds. The van der Waals surface area contributed by atoms with Crippen LogP contribution in [0, 0.1) is 0 Å². The number of nitrogens with one attached hydrogen (secondary N) is 1. The molecule has 0 bridgehead atoms. The van der Waals surface area contributed by atoms with E-state index in [1.165, 1.54) is 4.88 Å². The highest BCUT2D eigenvalue weighted by Crippen LogP contribution is 2.28. The van der Waals surface area contributed by atoms with Gasteiger partial charge in [0.05, 0.1) is 5.69 Å². The molecule has 1 aromatic heterocycles. The summed E-state index contributed by atoms with van der Waals surface area (Å²) in [6.07, 6.45) is 0.951. The molecule has 1 aromatic carbocycles. The first-order valence-corrected chi connectivity index (χ1v) is 8.13. The molecule has 0 spiro atoms. The number of thiazole rings is 1. The van der Waals surface area contributed by atoms with Gasteiger partial charge in [-0.15, -0.1) is 11.3 Å². The van der Waals surface area contributed by atoms with Crippen LogP contribution >= 0.6 is 22.9 Å². The molecule has 1 aliphatic rings. The zero-order chi connectivity index (χ0) is 14.8. The van der Waals surface area contributed by atoms with Crippen LogP contribution in [-0.4, -0.2) is 28.9 Å². The molecule has 21 heavy (non-hydrogen) atoms. The summed E-state index contributed by atoms with van der Waals surface area (Å²) in [6, 6.07) is 6.92. The lowest BCUT2D eigenvalue weighted by Crippen LogP contribution is -2.29. The maximum absolute atomic E-state index is 12.2. The van der Waals surface area contributed by atoms with E-state index in [2.05, 4.69) is 22.1 Å². The van der Waals surface area contributed by atoms with Gasteiger partial charge in [0.2, 0.25) is 0 Å². The molecular weight excluding hydrogens is 306 g/mol. The SMILES string of the molecule is CCN1CCc2nc(NC(=O)c3cccc(Cl)c3)sc2C1. The number of amides is 1. The molecule has 110 valence electrons. The summed E-state index contributed by atoms with van der Waals surface area (Å²) in [5.74, 6) is -0.170. The lowest BCUT2D eigenvalue weighted by atomic mass is 10.2. The van der Waals surface area contributed by atoms with Gasteiger partial charge in [-0.1, -0.05) is 24.6 Å². The third-order valence-electron chi connectivity index (χ3n) is 3.56. The molecule has 4 nitrogen and oxygen atoms in total. The van der Waals surface area contributed by atoms with Crippen molar-refractivity contribution in [1.29, 1.82) is 0 Å². The monoisotopic (exact) mass is 321 g/mol. The van der Waals surface area contributed by atoms with Crippen molar-refractivity contribution < 1.29 is 4.79 Å². The van der Waals surface area contributed by atoms with Crippen LogP contribution in [0.15, 0.2) is 24.3 Å². The van der Waals surface area contributed by atoms with Crippen molar-refractivity contribution in [2.45, 2.75) is 19.9 Å². The molecule has 0 saturated heterocycles. The highest BCUT2D eigenvalue weighted by Gasteiger charge is 2.20. The first-order valence-electron chi connectivity index (χ1n) is 6.93.